The van der Waals surface area contributed by atoms with Gasteiger partial charge in [0.05, 0.1) is 19.4 Å². The van der Waals surface area contributed by atoms with E-state index in [4.69, 9.17) is 5.73 Å². The van der Waals surface area contributed by atoms with Gasteiger partial charge in [-0.1, -0.05) is 58.0 Å². The van der Waals surface area contributed by atoms with Gasteiger partial charge in [0.15, 0.2) is 6.04 Å². The van der Waals surface area contributed by atoms with Crippen LogP contribution >= 0.6 is 0 Å². The fourth-order valence-corrected chi connectivity index (χ4v) is 6.58. The van der Waals surface area contributed by atoms with Crippen LogP contribution < -0.4 is 31.9 Å². The van der Waals surface area contributed by atoms with Gasteiger partial charge >= 0.3 is 18.0 Å². The third-order valence-electron chi connectivity index (χ3n) is 9.38. The molecule has 1 saturated heterocycles. The summed E-state index contributed by atoms with van der Waals surface area (Å²) in [5.74, 6) is -7.43. The largest absolute Gasteiger partial charge is 0.481 e. The number of aliphatic hydroxyl groups is 1. The number of aliphatic carboxylic acids is 2. The minimum Gasteiger partial charge on any atom is -0.481 e. The van der Waals surface area contributed by atoms with Gasteiger partial charge in [0.1, 0.15) is 24.2 Å². The van der Waals surface area contributed by atoms with E-state index in [0.29, 0.717) is 23.2 Å². The first kappa shape index (κ1) is 45.4. The Kier molecular flexibility index (Phi) is 16.5. The summed E-state index contributed by atoms with van der Waals surface area (Å²) < 4.78 is 0. The molecular weight excluding hydrogens is 742 g/mol. The Morgan fingerprint density at radius 2 is 1.54 bits per heavy atom. The maximum atomic E-state index is 14.3. The Balaban J connectivity index is 1.86. The Bertz CT molecular complexity index is 1800. The maximum Gasteiger partial charge on any atom is 0.329 e. The van der Waals surface area contributed by atoms with Gasteiger partial charge in [0, 0.05) is 17.9 Å². The number of anilines is 2. The summed E-state index contributed by atoms with van der Waals surface area (Å²) in [7, 11) is 0. The minimum absolute atomic E-state index is 0.0188. The quantitative estimate of drug-likeness (QED) is 0.0998. The van der Waals surface area contributed by atoms with Crippen LogP contribution in [0.15, 0.2) is 48.5 Å². The maximum absolute atomic E-state index is 14.3. The molecule has 1 fully saturated rings. The van der Waals surface area contributed by atoms with Crippen molar-refractivity contribution in [1.29, 1.82) is 0 Å². The molecule has 2 aromatic carbocycles. The number of aliphatic hydroxyl groups excluding tert-OH is 1. The predicted octanol–water partition coefficient (Wildman–Crippen LogP) is 1.13. The second-order valence-corrected chi connectivity index (χ2v) is 14.7. The second kappa shape index (κ2) is 20.8. The second-order valence-electron chi connectivity index (χ2n) is 14.7. The summed E-state index contributed by atoms with van der Waals surface area (Å²) >= 11 is 0. The average Bonchev–Trinajstić information content (AvgIpc) is 3.62. The van der Waals surface area contributed by atoms with Crippen molar-refractivity contribution in [2.75, 3.05) is 23.4 Å². The van der Waals surface area contributed by atoms with Crippen molar-refractivity contribution in [2.24, 2.45) is 17.6 Å². The number of primary amides is 1. The number of hydrogen-bond donors (Lipinski definition) is 8. The monoisotopic (exact) mass is 795 g/mol. The molecule has 310 valence electrons. The van der Waals surface area contributed by atoms with Crippen LogP contribution in [0.25, 0.3) is 0 Å². The number of carbonyl (C=O) groups excluding carboxylic acids is 6. The van der Waals surface area contributed by atoms with Crippen molar-refractivity contribution in [3.05, 3.63) is 59.7 Å². The third kappa shape index (κ3) is 12.7. The molecule has 2 aromatic rings. The van der Waals surface area contributed by atoms with E-state index in [9.17, 15) is 53.7 Å². The van der Waals surface area contributed by atoms with E-state index in [0.717, 1.165) is 4.90 Å². The fourth-order valence-electron chi connectivity index (χ4n) is 6.58. The summed E-state index contributed by atoms with van der Waals surface area (Å²) in [5, 5.41) is 39.8. The first-order valence-electron chi connectivity index (χ1n) is 18.6. The normalized spacial score (nSPS) is 15.9. The summed E-state index contributed by atoms with van der Waals surface area (Å²) in [6.45, 7) is 7.54. The molecule has 9 N–H and O–H groups in total. The van der Waals surface area contributed by atoms with Gasteiger partial charge in [-0.25, -0.2) is 9.59 Å². The van der Waals surface area contributed by atoms with Crippen molar-refractivity contribution in [2.45, 2.75) is 96.9 Å². The molecule has 0 unspecified atom stereocenters. The first-order chi connectivity index (χ1) is 26.8. The molecule has 18 nitrogen and oxygen atoms in total. The summed E-state index contributed by atoms with van der Waals surface area (Å²) in [6, 6.07) is 5.10. The number of hydrogen-bond acceptors (Lipinski definition) is 9. The van der Waals surface area contributed by atoms with Gasteiger partial charge < -0.3 is 47.2 Å². The smallest absolute Gasteiger partial charge is 0.329 e. The van der Waals surface area contributed by atoms with Crippen LogP contribution in [0.5, 0.6) is 0 Å². The number of rotatable bonds is 19. The number of carboxylic acid groups (broad SMARTS) is 2. The lowest BCUT2D eigenvalue weighted by Crippen LogP contribution is -2.60. The molecule has 7 amide bonds. The Hall–Kier alpha value is -6.04. The Morgan fingerprint density at radius 3 is 2.09 bits per heavy atom. The zero-order chi connectivity index (χ0) is 42.6. The van der Waals surface area contributed by atoms with E-state index in [1.54, 1.807) is 51.1 Å². The highest BCUT2D eigenvalue weighted by atomic mass is 16.4. The summed E-state index contributed by atoms with van der Waals surface area (Å²) in [5.41, 5.74) is 6.70. The van der Waals surface area contributed by atoms with Crippen molar-refractivity contribution in [1.82, 2.24) is 20.9 Å². The standard InChI is InChI=1S/C39H53N7O11/c1-21(2)16-27(41-31(48)18-24-10-7-6-8-11-24)34(51)42-28(19-32(49)50)35(52)44-33(22(3)4)37(54)45-15-9-12-29(45)36(53)46(30(20-47)38(55)56)25-13-14-26(23(5)17-25)43-39(40)57/h6-8,10-11,13-14,17,21-22,27-30,33,47H,9,12,15-16,18-20H2,1-5H3,(H,41,48)(H,42,51)(H,44,52)(H,49,50)(H,55,56)(H3,40,43,57)/t27-,28-,29-,30-,33-/m0/s1. The molecule has 1 aliphatic rings. The van der Waals surface area contributed by atoms with E-state index >= 15 is 0 Å². The molecule has 0 saturated carbocycles. The minimum atomic E-state index is -1.76. The van der Waals surface area contributed by atoms with Crippen LogP contribution in [0.1, 0.15) is 64.5 Å². The molecule has 0 aliphatic carbocycles. The lowest BCUT2D eigenvalue weighted by molar-refractivity contribution is -0.144. The van der Waals surface area contributed by atoms with Crippen LogP contribution in [0, 0.1) is 18.8 Å². The predicted molar refractivity (Wildman–Crippen MR) is 208 cm³/mol. The molecule has 18 heteroatoms. The van der Waals surface area contributed by atoms with E-state index in [1.807, 2.05) is 13.8 Å². The number of nitrogens with one attached hydrogen (secondary N) is 4. The highest BCUT2D eigenvalue weighted by Gasteiger charge is 2.44. The molecule has 0 bridgehead atoms. The van der Waals surface area contributed by atoms with Crippen molar-refractivity contribution in [3.63, 3.8) is 0 Å². The van der Waals surface area contributed by atoms with Crippen LogP contribution in [0.4, 0.5) is 16.2 Å². The molecule has 1 heterocycles. The number of benzene rings is 2. The molecule has 0 spiro atoms. The molecule has 5 atom stereocenters. The topological polar surface area (TPSA) is 278 Å². The third-order valence-corrected chi connectivity index (χ3v) is 9.38. The lowest BCUT2D eigenvalue weighted by Gasteiger charge is -2.35. The molecule has 57 heavy (non-hydrogen) atoms. The van der Waals surface area contributed by atoms with Crippen molar-refractivity contribution < 1.29 is 53.7 Å². The number of amides is 7. The number of nitrogens with zero attached hydrogens (tertiary/aromatic N) is 2. The number of aryl methyl sites for hydroxylation is 1. The number of carbonyl (C=O) groups is 8. The highest BCUT2D eigenvalue weighted by molar-refractivity contribution is 6.05. The van der Waals surface area contributed by atoms with Crippen molar-refractivity contribution >= 4 is 58.9 Å². The van der Waals surface area contributed by atoms with Crippen LogP contribution in [0.3, 0.4) is 0 Å². The van der Waals surface area contributed by atoms with Crippen LogP contribution in [0.2, 0.25) is 0 Å². The van der Waals surface area contributed by atoms with Gasteiger partial charge in [0.2, 0.25) is 23.6 Å². The zero-order valence-electron chi connectivity index (χ0n) is 32.7. The average molecular weight is 796 g/mol. The molecule has 1 aliphatic heterocycles. The van der Waals surface area contributed by atoms with E-state index < -0.39 is 96.7 Å². The molecule has 3 rings (SSSR count). The highest BCUT2D eigenvalue weighted by Crippen LogP contribution is 2.29. The van der Waals surface area contributed by atoms with E-state index in [2.05, 4.69) is 21.3 Å². The molecule has 0 radical (unpaired) electrons. The van der Waals surface area contributed by atoms with Gasteiger partial charge in [0.25, 0.3) is 5.91 Å². The van der Waals surface area contributed by atoms with Gasteiger partial charge in [-0.2, -0.15) is 0 Å². The summed E-state index contributed by atoms with van der Waals surface area (Å²) in [4.78, 5) is 106. The van der Waals surface area contributed by atoms with Crippen LogP contribution in [-0.4, -0.2) is 111 Å². The number of nitrogens with two attached hydrogens (primary N) is 1. The zero-order valence-corrected chi connectivity index (χ0v) is 32.7. The first-order valence-corrected chi connectivity index (χ1v) is 18.6. The lowest BCUT2D eigenvalue weighted by atomic mass is 10.00. The van der Waals surface area contributed by atoms with Gasteiger partial charge in [-0.15, -0.1) is 0 Å². The Labute approximate surface area is 330 Å². The number of carboxylic acids is 2. The number of urea groups is 1. The van der Waals surface area contributed by atoms with Gasteiger partial charge in [-0.3, -0.25) is 33.7 Å². The van der Waals surface area contributed by atoms with Crippen LogP contribution in [-0.2, 0) is 40.0 Å². The molecule has 0 aromatic heterocycles. The van der Waals surface area contributed by atoms with Gasteiger partial charge in [-0.05, 0) is 67.3 Å². The SMILES string of the molecule is Cc1cc(N(C(=O)[C@@H]2CCCN2C(=O)[C@@H](NC(=O)[C@H](CC(=O)O)NC(=O)[C@H](CC(C)C)NC(=O)Cc2ccccc2)C(C)C)[C@@H](CO)C(=O)O)ccc1NC(N)=O. The summed E-state index contributed by atoms with van der Waals surface area (Å²) in [6.07, 6.45) is -0.252. The van der Waals surface area contributed by atoms with E-state index in [1.165, 1.54) is 23.1 Å². The Morgan fingerprint density at radius 1 is 0.895 bits per heavy atom. The van der Waals surface area contributed by atoms with Crippen molar-refractivity contribution in [3.8, 4) is 0 Å². The van der Waals surface area contributed by atoms with E-state index in [-0.39, 0.29) is 37.4 Å². The number of likely N-dealkylation sites (tertiary alicyclic amines) is 1. The molecular formula is C39H53N7O11. The fraction of sp³-hybridized carbons (Fsp3) is 0.487.